The monoisotopic (exact) mass is 236 g/mol. The summed E-state index contributed by atoms with van der Waals surface area (Å²) >= 11 is 0. The first-order valence-corrected chi connectivity index (χ1v) is 5.29. The van der Waals surface area contributed by atoms with Crippen molar-refractivity contribution in [3.05, 3.63) is 35.4 Å². The molecule has 1 aromatic carbocycles. The maximum absolute atomic E-state index is 11.6. The lowest BCUT2D eigenvalue weighted by Gasteiger charge is -2.10. The minimum atomic E-state index is -0.469. The van der Waals surface area contributed by atoms with Crippen LogP contribution >= 0.6 is 0 Å². The molecule has 0 fully saturated rings. The van der Waals surface area contributed by atoms with Gasteiger partial charge in [0.25, 0.3) is 0 Å². The molecule has 1 aliphatic rings. The topological polar surface area (TPSA) is 61.8 Å². The largest absolute Gasteiger partial charge is 0.460 e. The number of esters is 2. The van der Waals surface area contributed by atoms with E-state index in [9.17, 15) is 9.59 Å². The zero-order chi connectivity index (χ0) is 12.1. The minimum absolute atomic E-state index is 0.191. The number of carbonyl (C=O) groups is 2. The molecule has 5 heteroatoms. The predicted octanol–water partition coefficient (Wildman–Crippen LogP) is 1.03. The molecule has 0 atom stereocenters. The van der Waals surface area contributed by atoms with Gasteiger partial charge in [0.05, 0.1) is 24.3 Å². The van der Waals surface area contributed by atoms with E-state index in [1.807, 2.05) is 0 Å². The summed E-state index contributed by atoms with van der Waals surface area (Å²) in [6.07, 6.45) is 0. The van der Waals surface area contributed by atoms with Crippen LogP contribution in [0, 0.1) is 0 Å². The molecule has 0 saturated carbocycles. The maximum Gasteiger partial charge on any atom is 0.338 e. The molecule has 0 aromatic heterocycles. The summed E-state index contributed by atoms with van der Waals surface area (Å²) in [5.74, 6) is -0.937. The number of cyclic esters (lactones) is 2. The van der Waals surface area contributed by atoms with Gasteiger partial charge in [-0.25, -0.2) is 9.59 Å². The van der Waals surface area contributed by atoms with Crippen LogP contribution in [-0.4, -0.2) is 38.4 Å². The third kappa shape index (κ3) is 3.04. The average molecular weight is 236 g/mol. The Hall–Kier alpha value is -1.88. The molecule has 1 heterocycles. The Labute approximate surface area is 98.3 Å². The summed E-state index contributed by atoms with van der Waals surface area (Å²) in [5.41, 5.74) is 0.667. The van der Waals surface area contributed by atoms with Crippen LogP contribution in [0.5, 0.6) is 0 Å². The molecule has 0 N–H and O–H groups in total. The molecule has 90 valence electrons. The number of rotatable bonds is 0. The molecule has 0 amide bonds. The molecule has 0 aliphatic carbocycles. The first-order chi connectivity index (χ1) is 8.27. The van der Waals surface area contributed by atoms with Crippen molar-refractivity contribution in [1.29, 1.82) is 0 Å². The van der Waals surface area contributed by atoms with Crippen molar-refractivity contribution in [3.63, 3.8) is 0 Å². The van der Waals surface area contributed by atoms with Gasteiger partial charge < -0.3 is 14.2 Å². The molecule has 2 rings (SSSR count). The summed E-state index contributed by atoms with van der Waals surface area (Å²) in [7, 11) is 0. The second-order valence-corrected chi connectivity index (χ2v) is 3.47. The lowest BCUT2D eigenvalue weighted by molar-refractivity contribution is 0.0143. The fourth-order valence-corrected chi connectivity index (χ4v) is 1.43. The van der Waals surface area contributed by atoms with Gasteiger partial charge >= 0.3 is 11.9 Å². The summed E-state index contributed by atoms with van der Waals surface area (Å²) in [6.45, 7) is 0.972. The van der Waals surface area contributed by atoms with E-state index in [4.69, 9.17) is 14.2 Å². The van der Waals surface area contributed by atoms with E-state index in [-0.39, 0.29) is 13.2 Å². The number of fused-ring (bicyclic) bond motifs is 2. The Bertz CT molecular complexity index is 391. The summed E-state index contributed by atoms with van der Waals surface area (Å²) in [4.78, 5) is 23.1. The van der Waals surface area contributed by atoms with Gasteiger partial charge in [0.15, 0.2) is 0 Å². The third-order valence-electron chi connectivity index (χ3n) is 2.26. The normalized spacial score (nSPS) is 17.4. The molecule has 17 heavy (non-hydrogen) atoms. The fourth-order valence-electron chi connectivity index (χ4n) is 1.43. The number of hydrogen-bond acceptors (Lipinski definition) is 5. The lowest BCUT2D eigenvalue weighted by Crippen LogP contribution is -2.17. The Morgan fingerprint density at radius 3 is 1.88 bits per heavy atom. The van der Waals surface area contributed by atoms with Gasteiger partial charge in [0, 0.05) is 0 Å². The number of ether oxygens (including phenoxy) is 3. The molecular weight excluding hydrogens is 224 g/mol. The number of benzene rings is 1. The maximum atomic E-state index is 11.6. The summed E-state index contributed by atoms with van der Waals surface area (Å²) < 4.78 is 15.1. The van der Waals surface area contributed by atoms with Gasteiger partial charge in [0.1, 0.15) is 13.2 Å². The zero-order valence-electron chi connectivity index (χ0n) is 9.18. The van der Waals surface area contributed by atoms with Crippen LogP contribution in [0.25, 0.3) is 0 Å². The highest BCUT2D eigenvalue weighted by Crippen LogP contribution is 2.09. The highest BCUT2D eigenvalue weighted by atomic mass is 16.6. The Morgan fingerprint density at radius 2 is 1.35 bits per heavy atom. The van der Waals surface area contributed by atoms with Crippen LogP contribution in [0.4, 0.5) is 0 Å². The van der Waals surface area contributed by atoms with E-state index in [0.29, 0.717) is 24.3 Å². The molecular formula is C12H12O5. The minimum Gasteiger partial charge on any atom is -0.460 e. The molecule has 1 aromatic rings. The van der Waals surface area contributed by atoms with Gasteiger partial charge in [-0.15, -0.1) is 0 Å². The van der Waals surface area contributed by atoms with E-state index >= 15 is 0 Å². The molecule has 5 nitrogen and oxygen atoms in total. The molecule has 0 unspecified atom stereocenters. The van der Waals surface area contributed by atoms with Gasteiger partial charge in [-0.3, -0.25) is 0 Å². The van der Waals surface area contributed by atoms with Crippen LogP contribution in [-0.2, 0) is 14.2 Å². The zero-order valence-corrected chi connectivity index (χ0v) is 9.18. The molecule has 0 radical (unpaired) electrons. The van der Waals surface area contributed by atoms with E-state index in [0.717, 1.165) is 0 Å². The highest BCUT2D eigenvalue weighted by Gasteiger charge is 2.13. The molecule has 0 spiro atoms. The van der Waals surface area contributed by atoms with Crippen LogP contribution in [0.15, 0.2) is 24.3 Å². The van der Waals surface area contributed by atoms with Gasteiger partial charge in [-0.2, -0.15) is 0 Å². The van der Waals surface area contributed by atoms with Gasteiger partial charge in [-0.1, -0.05) is 6.07 Å². The Kier molecular flexibility index (Phi) is 3.72. The quantitative estimate of drug-likeness (QED) is 0.629. The summed E-state index contributed by atoms with van der Waals surface area (Å²) in [6, 6.07) is 6.26. The number of hydrogen-bond donors (Lipinski definition) is 0. The molecule has 1 aliphatic heterocycles. The van der Waals surface area contributed by atoms with Crippen LogP contribution in [0.2, 0.25) is 0 Å². The van der Waals surface area contributed by atoms with Crippen molar-refractivity contribution in [3.8, 4) is 0 Å². The van der Waals surface area contributed by atoms with Crippen molar-refractivity contribution < 1.29 is 23.8 Å². The first-order valence-electron chi connectivity index (χ1n) is 5.29. The van der Waals surface area contributed by atoms with Crippen molar-refractivity contribution in [1.82, 2.24) is 0 Å². The van der Waals surface area contributed by atoms with Crippen molar-refractivity contribution in [2.24, 2.45) is 0 Å². The van der Waals surface area contributed by atoms with Crippen LogP contribution in [0.3, 0.4) is 0 Å². The summed E-state index contributed by atoms with van der Waals surface area (Å²) in [5, 5.41) is 0. The Balaban J connectivity index is 2.23. The van der Waals surface area contributed by atoms with Gasteiger partial charge in [-0.05, 0) is 18.2 Å². The first kappa shape index (κ1) is 11.6. The SMILES string of the molecule is O=C1OCCOCCOC(=O)c2cccc1c2. The smallest absolute Gasteiger partial charge is 0.338 e. The Morgan fingerprint density at radius 1 is 0.824 bits per heavy atom. The predicted molar refractivity (Wildman–Crippen MR) is 57.8 cm³/mol. The van der Waals surface area contributed by atoms with Gasteiger partial charge in [0.2, 0.25) is 0 Å². The van der Waals surface area contributed by atoms with Crippen molar-refractivity contribution in [2.45, 2.75) is 0 Å². The van der Waals surface area contributed by atoms with E-state index < -0.39 is 11.9 Å². The second-order valence-electron chi connectivity index (χ2n) is 3.47. The van der Waals surface area contributed by atoms with E-state index in [1.54, 1.807) is 18.2 Å². The van der Waals surface area contributed by atoms with Crippen LogP contribution in [0.1, 0.15) is 20.7 Å². The fraction of sp³-hybridized carbons (Fsp3) is 0.333. The van der Waals surface area contributed by atoms with Crippen molar-refractivity contribution in [2.75, 3.05) is 26.4 Å². The molecule has 0 saturated heterocycles. The number of carbonyl (C=O) groups excluding carboxylic acids is 2. The van der Waals surface area contributed by atoms with Crippen molar-refractivity contribution >= 4 is 11.9 Å². The third-order valence-corrected chi connectivity index (χ3v) is 2.26. The standard InChI is InChI=1S/C12H12O5/c13-11-9-2-1-3-10(8-9)12(14)17-7-5-15-4-6-16-11/h1-3,8H,4-7H2. The van der Waals surface area contributed by atoms with E-state index in [1.165, 1.54) is 6.07 Å². The van der Waals surface area contributed by atoms with Crippen LogP contribution < -0.4 is 0 Å². The average Bonchev–Trinajstić information content (AvgIpc) is 2.36. The van der Waals surface area contributed by atoms with E-state index in [2.05, 4.69) is 0 Å². The lowest BCUT2D eigenvalue weighted by atomic mass is 10.1. The molecule has 2 bridgehead atoms. The highest BCUT2D eigenvalue weighted by molar-refractivity contribution is 5.95. The second kappa shape index (κ2) is 5.45.